The molecule has 158 valence electrons. The lowest BCUT2D eigenvalue weighted by Crippen LogP contribution is -2.41. The van der Waals surface area contributed by atoms with Gasteiger partial charge in [-0.25, -0.2) is 0 Å². The number of amides is 2. The molecule has 0 bridgehead atoms. The molecule has 1 aromatic rings. The van der Waals surface area contributed by atoms with Crippen molar-refractivity contribution in [3.05, 3.63) is 18.2 Å². The summed E-state index contributed by atoms with van der Waals surface area (Å²) in [4.78, 5) is 38.8. The van der Waals surface area contributed by atoms with E-state index in [2.05, 4.69) is 5.32 Å². The van der Waals surface area contributed by atoms with Gasteiger partial charge in [-0.3, -0.25) is 14.4 Å². The van der Waals surface area contributed by atoms with Crippen LogP contribution in [0.5, 0.6) is 11.5 Å². The molecule has 2 atom stereocenters. The van der Waals surface area contributed by atoms with Crippen LogP contribution in [0.1, 0.15) is 39.0 Å². The molecule has 29 heavy (non-hydrogen) atoms. The number of ether oxygens (including phenoxy) is 3. The largest absolute Gasteiger partial charge is 0.497 e. The Kier molecular flexibility index (Phi) is 6.61. The Hall–Kier alpha value is -2.77. The summed E-state index contributed by atoms with van der Waals surface area (Å²) in [6, 6.07) is 5.30. The van der Waals surface area contributed by atoms with Crippen molar-refractivity contribution >= 4 is 23.5 Å². The Bertz CT molecular complexity index is 774. The van der Waals surface area contributed by atoms with Crippen LogP contribution in [0.25, 0.3) is 0 Å². The second kappa shape index (κ2) is 9.15. The van der Waals surface area contributed by atoms with Crippen molar-refractivity contribution in [2.45, 2.75) is 51.2 Å². The smallest absolute Gasteiger partial charge is 0.312 e. The van der Waals surface area contributed by atoms with E-state index in [9.17, 15) is 14.4 Å². The number of nitrogens with zero attached hydrogens (tertiary/aromatic N) is 1. The maximum absolute atomic E-state index is 12.5. The minimum Gasteiger partial charge on any atom is -0.497 e. The maximum Gasteiger partial charge on any atom is 0.312 e. The molecule has 1 saturated carbocycles. The molecule has 0 unspecified atom stereocenters. The van der Waals surface area contributed by atoms with Crippen molar-refractivity contribution in [1.82, 2.24) is 5.32 Å². The number of carbonyl (C=O) groups excluding carboxylic acids is 3. The summed E-state index contributed by atoms with van der Waals surface area (Å²) in [7, 11) is 3.06. The van der Waals surface area contributed by atoms with Crippen LogP contribution in [0.2, 0.25) is 0 Å². The standard InChI is InChI=1S/C21H28N2O6/c1-13(20(25)22-15-6-4-5-7-15)29-21(26)14-10-19(24)23(12-14)17-9-8-16(27-2)11-18(17)28-3/h8-9,11,13-15H,4-7,10,12H2,1-3H3,(H,22,25)/t13-,14-/m0/s1. The highest BCUT2D eigenvalue weighted by Gasteiger charge is 2.38. The Morgan fingerprint density at radius 2 is 1.90 bits per heavy atom. The number of methoxy groups -OCH3 is 2. The number of rotatable bonds is 7. The zero-order valence-corrected chi connectivity index (χ0v) is 17.1. The fourth-order valence-corrected chi connectivity index (χ4v) is 3.82. The number of hydrogen-bond acceptors (Lipinski definition) is 6. The van der Waals surface area contributed by atoms with Gasteiger partial charge >= 0.3 is 5.97 Å². The number of carbonyl (C=O) groups is 3. The molecule has 1 aliphatic carbocycles. The summed E-state index contributed by atoms with van der Waals surface area (Å²) in [5.74, 6) is -0.563. The molecule has 2 amide bonds. The minimum absolute atomic E-state index is 0.0327. The average molecular weight is 404 g/mol. The highest BCUT2D eigenvalue weighted by molar-refractivity contribution is 6.01. The van der Waals surface area contributed by atoms with E-state index in [0.717, 1.165) is 25.7 Å². The third kappa shape index (κ3) is 4.81. The lowest BCUT2D eigenvalue weighted by Gasteiger charge is -2.21. The third-order valence-electron chi connectivity index (χ3n) is 5.50. The molecular weight excluding hydrogens is 376 g/mol. The fourth-order valence-electron chi connectivity index (χ4n) is 3.82. The molecule has 1 aliphatic heterocycles. The summed E-state index contributed by atoms with van der Waals surface area (Å²) >= 11 is 0. The van der Waals surface area contributed by atoms with Crippen molar-refractivity contribution < 1.29 is 28.6 Å². The first-order valence-corrected chi connectivity index (χ1v) is 9.96. The van der Waals surface area contributed by atoms with Crippen LogP contribution in [0.3, 0.4) is 0 Å². The molecule has 1 aromatic carbocycles. The summed E-state index contributed by atoms with van der Waals surface area (Å²) < 4.78 is 15.9. The van der Waals surface area contributed by atoms with E-state index in [0.29, 0.717) is 17.2 Å². The zero-order chi connectivity index (χ0) is 21.0. The van der Waals surface area contributed by atoms with Crippen LogP contribution in [0, 0.1) is 5.92 Å². The molecule has 1 heterocycles. The Morgan fingerprint density at radius 1 is 1.17 bits per heavy atom. The van der Waals surface area contributed by atoms with Crippen LogP contribution in [-0.2, 0) is 19.1 Å². The molecule has 2 fully saturated rings. The van der Waals surface area contributed by atoms with Crippen molar-refractivity contribution in [3.8, 4) is 11.5 Å². The number of benzene rings is 1. The van der Waals surface area contributed by atoms with Gasteiger partial charge in [-0.15, -0.1) is 0 Å². The second-order valence-electron chi connectivity index (χ2n) is 7.51. The Labute approximate surface area is 170 Å². The van der Waals surface area contributed by atoms with E-state index >= 15 is 0 Å². The summed E-state index contributed by atoms with van der Waals surface area (Å²) in [5, 5.41) is 2.92. The topological polar surface area (TPSA) is 94.2 Å². The Balaban J connectivity index is 1.60. The molecule has 1 N–H and O–H groups in total. The van der Waals surface area contributed by atoms with Gasteiger partial charge in [0.05, 0.1) is 25.8 Å². The monoisotopic (exact) mass is 404 g/mol. The van der Waals surface area contributed by atoms with Gasteiger partial charge in [-0.05, 0) is 31.9 Å². The van der Waals surface area contributed by atoms with Gasteiger partial charge in [-0.1, -0.05) is 12.8 Å². The normalized spacial score (nSPS) is 20.4. The number of esters is 1. The lowest BCUT2D eigenvalue weighted by atomic mass is 10.1. The first-order valence-electron chi connectivity index (χ1n) is 9.96. The van der Waals surface area contributed by atoms with E-state index in [1.807, 2.05) is 0 Å². The van der Waals surface area contributed by atoms with E-state index in [1.54, 1.807) is 32.2 Å². The van der Waals surface area contributed by atoms with Crippen molar-refractivity contribution in [2.24, 2.45) is 5.92 Å². The number of anilines is 1. The summed E-state index contributed by atoms with van der Waals surface area (Å²) in [6.45, 7) is 1.74. The van der Waals surface area contributed by atoms with Gasteiger partial charge in [0, 0.05) is 25.1 Å². The molecule has 1 saturated heterocycles. The lowest BCUT2D eigenvalue weighted by molar-refractivity contribution is -0.158. The molecule has 0 radical (unpaired) electrons. The molecular formula is C21H28N2O6. The quantitative estimate of drug-likeness (QED) is 0.699. The fraction of sp³-hybridized carbons (Fsp3) is 0.571. The number of nitrogens with one attached hydrogen (secondary N) is 1. The second-order valence-corrected chi connectivity index (χ2v) is 7.51. The predicted octanol–water partition coefficient (Wildman–Crippen LogP) is 2.05. The van der Waals surface area contributed by atoms with Gasteiger partial charge in [0.1, 0.15) is 11.5 Å². The minimum atomic E-state index is -0.886. The summed E-state index contributed by atoms with van der Waals surface area (Å²) in [6.07, 6.45) is 3.28. The van der Waals surface area contributed by atoms with E-state index in [-0.39, 0.29) is 30.8 Å². The Morgan fingerprint density at radius 3 is 2.55 bits per heavy atom. The van der Waals surface area contributed by atoms with Crippen molar-refractivity contribution in [1.29, 1.82) is 0 Å². The molecule has 8 heteroatoms. The SMILES string of the molecule is COc1ccc(N2C[C@@H](C(=O)O[C@@H](C)C(=O)NC3CCCC3)CC2=O)c(OC)c1. The van der Waals surface area contributed by atoms with Crippen molar-refractivity contribution in [2.75, 3.05) is 25.7 Å². The summed E-state index contributed by atoms with van der Waals surface area (Å²) in [5.41, 5.74) is 0.570. The van der Waals surface area contributed by atoms with Crippen LogP contribution in [0.4, 0.5) is 5.69 Å². The molecule has 0 spiro atoms. The van der Waals surface area contributed by atoms with Gasteiger partial charge in [0.15, 0.2) is 6.10 Å². The predicted molar refractivity (Wildman–Crippen MR) is 106 cm³/mol. The molecule has 0 aromatic heterocycles. The zero-order valence-electron chi connectivity index (χ0n) is 17.1. The van der Waals surface area contributed by atoms with Crippen LogP contribution >= 0.6 is 0 Å². The van der Waals surface area contributed by atoms with Crippen LogP contribution in [-0.4, -0.2) is 50.7 Å². The van der Waals surface area contributed by atoms with E-state index < -0.39 is 18.0 Å². The highest BCUT2D eigenvalue weighted by Crippen LogP contribution is 2.36. The first-order chi connectivity index (χ1) is 13.9. The molecule has 2 aliphatic rings. The molecule has 8 nitrogen and oxygen atoms in total. The van der Waals surface area contributed by atoms with Gasteiger partial charge in [0.25, 0.3) is 5.91 Å². The van der Waals surface area contributed by atoms with E-state index in [1.165, 1.54) is 12.0 Å². The molecule has 3 rings (SSSR count). The van der Waals surface area contributed by atoms with Gasteiger partial charge in [0.2, 0.25) is 5.91 Å². The third-order valence-corrected chi connectivity index (χ3v) is 5.50. The van der Waals surface area contributed by atoms with Crippen LogP contribution < -0.4 is 19.7 Å². The van der Waals surface area contributed by atoms with Gasteiger partial charge < -0.3 is 24.4 Å². The average Bonchev–Trinajstić information content (AvgIpc) is 3.36. The van der Waals surface area contributed by atoms with Crippen molar-refractivity contribution in [3.63, 3.8) is 0 Å². The van der Waals surface area contributed by atoms with Gasteiger partial charge in [-0.2, -0.15) is 0 Å². The first kappa shape index (κ1) is 21.0. The van der Waals surface area contributed by atoms with E-state index in [4.69, 9.17) is 14.2 Å². The highest BCUT2D eigenvalue weighted by atomic mass is 16.5. The maximum atomic E-state index is 12.5. The number of hydrogen-bond donors (Lipinski definition) is 1. The van der Waals surface area contributed by atoms with Crippen LogP contribution in [0.15, 0.2) is 18.2 Å².